The Balaban J connectivity index is 1.77. The fourth-order valence-corrected chi connectivity index (χ4v) is 1.44. The number of rotatable bonds is 5. The lowest BCUT2D eigenvalue weighted by molar-refractivity contribution is -0.123. The molecule has 0 bridgehead atoms. The number of benzene rings is 1. The van der Waals surface area contributed by atoms with Crippen LogP contribution in [0.15, 0.2) is 53.9 Å². The van der Waals surface area contributed by atoms with Gasteiger partial charge in [0.25, 0.3) is 5.91 Å². The van der Waals surface area contributed by atoms with E-state index in [0.717, 1.165) is 5.56 Å². The van der Waals surface area contributed by atoms with Crippen molar-refractivity contribution in [1.82, 2.24) is 10.4 Å². The Hall–Kier alpha value is -3.20. The number of pyridine rings is 1. The molecule has 0 aliphatic rings. The topological polar surface area (TPSA) is 87.4 Å². The Morgan fingerprint density at radius 3 is 2.86 bits per heavy atom. The molecule has 1 aromatic heterocycles. The molecule has 0 unspecified atom stereocenters. The van der Waals surface area contributed by atoms with Crippen molar-refractivity contribution in [3.8, 4) is 11.8 Å². The summed E-state index contributed by atoms with van der Waals surface area (Å²) in [5.41, 5.74) is 3.67. The summed E-state index contributed by atoms with van der Waals surface area (Å²) in [7, 11) is 0. The third-order valence-corrected chi connectivity index (χ3v) is 2.44. The van der Waals surface area contributed by atoms with Crippen molar-refractivity contribution in [2.24, 2.45) is 5.10 Å². The van der Waals surface area contributed by atoms with Gasteiger partial charge in [0.2, 0.25) is 0 Å². The van der Waals surface area contributed by atoms with Gasteiger partial charge in [0.1, 0.15) is 5.75 Å². The van der Waals surface area contributed by atoms with E-state index >= 15 is 0 Å². The number of amides is 1. The van der Waals surface area contributed by atoms with Gasteiger partial charge in [0.15, 0.2) is 6.61 Å². The predicted molar refractivity (Wildman–Crippen MR) is 76.6 cm³/mol. The van der Waals surface area contributed by atoms with E-state index in [0.29, 0.717) is 11.3 Å². The van der Waals surface area contributed by atoms with Gasteiger partial charge < -0.3 is 4.74 Å². The second kappa shape index (κ2) is 7.40. The zero-order chi connectivity index (χ0) is 14.9. The van der Waals surface area contributed by atoms with Crippen LogP contribution in [-0.2, 0) is 4.79 Å². The van der Waals surface area contributed by atoms with Crippen LogP contribution >= 0.6 is 0 Å². The summed E-state index contributed by atoms with van der Waals surface area (Å²) in [5, 5.41) is 12.5. The molecule has 1 heterocycles. The highest BCUT2D eigenvalue weighted by Gasteiger charge is 2.01. The van der Waals surface area contributed by atoms with Gasteiger partial charge in [-0.25, -0.2) is 5.43 Å². The van der Waals surface area contributed by atoms with E-state index in [4.69, 9.17) is 10.00 Å². The largest absolute Gasteiger partial charge is 0.484 e. The van der Waals surface area contributed by atoms with Gasteiger partial charge in [-0.2, -0.15) is 10.4 Å². The third kappa shape index (κ3) is 4.76. The van der Waals surface area contributed by atoms with Crippen LogP contribution in [0.2, 0.25) is 0 Å². The summed E-state index contributed by atoms with van der Waals surface area (Å²) in [6.07, 6.45) is 4.77. The SMILES string of the molecule is N#Cc1ccc(OCC(=O)N/N=C/c2cccnc2)cc1. The fourth-order valence-electron chi connectivity index (χ4n) is 1.44. The molecular formula is C15H12N4O2. The molecule has 1 aromatic carbocycles. The zero-order valence-electron chi connectivity index (χ0n) is 11.1. The summed E-state index contributed by atoms with van der Waals surface area (Å²) in [6, 6.07) is 12.1. The number of nitrogens with one attached hydrogen (secondary N) is 1. The summed E-state index contributed by atoms with van der Waals surface area (Å²) in [4.78, 5) is 15.4. The Labute approximate surface area is 121 Å². The lowest BCUT2D eigenvalue weighted by Crippen LogP contribution is -2.24. The average Bonchev–Trinajstić information content (AvgIpc) is 2.54. The summed E-state index contributed by atoms with van der Waals surface area (Å²) >= 11 is 0. The van der Waals surface area contributed by atoms with E-state index < -0.39 is 0 Å². The van der Waals surface area contributed by atoms with E-state index in [1.165, 1.54) is 6.21 Å². The first-order chi connectivity index (χ1) is 10.3. The van der Waals surface area contributed by atoms with Crippen LogP contribution in [0.1, 0.15) is 11.1 Å². The van der Waals surface area contributed by atoms with E-state index in [-0.39, 0.29) is 12.5 Å². The molecule has 0 spiro atoms. The van der Waals surface area contributed by atoms with Crippen molar-refractivity contribution in [3.05, 3.63) is 59.9 Å². The second-order valence-corrected chi connectivity index (χ2v) is 4.00. The molecule has 0 radical (unpaired) electrons. The Morgan fingerprint density at radius 1 is 1.38 bits per heavy atom. The van der Waals surface area contributed by atoms with Crippen LogP contribution in [0.25, 0.3) is 0 Å². The van der Waals surface area contributed by atoms with E-state index in [9.17, 15) is 4.79 Å². The van der Waals surface area contributed by atoms with Crippen LogP contribution in [-0.4, -0.2) is 23.7 Å². The molecule has 0 aliphatic heterocycles. The highest BCUT2D eigenvalue weighted by Crippen LogP contribution is 2.11. The minimum atomic E-state index is -0.375. The number of hydrazone groups is 1. The van der Waals surface area contributed by atoms with Crippen molar-refractivity contribution in [2.45, 2.75) is 0 Å². The maximum Gasteiger partial charge on any atom is 0.277 e. The van der Waals surface area contributed by atoms with Gasteiger partial charge in [-0.1, -0.05) is 6.07 Å². The summed E-state index contributed by atoms with van der Waals surface area (Å²) < 4.78 is 5.26. The van der Waals surface area contributed by atoms with E-state index in [2.05, 4.69) is 15.5 Å². The number of hydrogen-bond donors (Lipinski definition) is 1. The quantitative estimate of drug-likeness (QED) is 0.664. The molecule has 2 aromatic rings. The number of nitrogens with zero attached hydrogens (tertiary/aromatic N) is 3. The number of hydrogen-bond acceptors (Lipinski definition) is 5. The Kier molecular flexibility index (Phi) is 5.01. The molecular weight excluding hydrogens is 268 g/mol. The van der Waals surface area contributed by atoms with Crippen LogP contribution in [0.5, 0.6) is 5.75 Å². The highest BCUT2D eigenvalue weighted by molar-refractivity contribution is 5.82. The number of aromatic nitrogens is 1. The van der Waals surface area contributed by atoms with Gasteiger partial charge in [-0.05, 0) is 30.3 Å². The lowest BCUT2D eigenvalue weighted by Gasteiger charge is -2.04. The van der Waals surface area contributed by atoms with E-state index in [1.807, 2.05) is 12.1 Å². The maximum atomic E-state index is 11.5. The van der Waals surface area contributed by atoms with Gasteiger partial charge in [-0.3, -0.25) is 9.78 Å². The minimum Gasteiger partial charge on any atom is -0.484 e. The van der Waals surface area contributed by atoms with Gasteiger partial charge in [-0.15, -0.1) is 0 Å². The summed E-state index contributed by atoms with van der Waals surface area (Å²) in [6.45, 7) is -0.156. The van der Waals surface area contributed by atoms with Crippen LogP contribution in [0.4, 0.5) is 0 Å². The monoisotopic (exact) mass is 280 g/mol. The molecule has 21 heavy (non-hydrogen) atoms. The average molecular weight is 280 g/mol. The zero-order valence-corrected chi connectivity index (χ0v) is 11.1. The molecule has 0 atom stereocenters. The summed E-state index contributed by atoms with van der Waals surface area (Å²) in [5.74, 6) is 0.139. The number of carbonyl (C=O) groups is 1. The molecule has 2 rings (SSSR count). The second-order valence-electron chi connectivity index (χ2n) is 4.00. The van der Waals surface area contributed by atoms with E-state index in [1.54, 1.807) is 42.7 Å². The first kappa shape index (κ1) is 14.2. The third-order valence-electron chi connectivity index (χ3n) is 2.44. The number of carbonyl (C=O) groups excluding carboxylic acids is 1. The molecule has 1 N–H and O–H groups in total. The Bertz CT molecular complexity index is 660. The lowest BCUT2D eigenvalue weighted by atomic mass is 10.2. The van der Waals surface area contributed by atoms with Gasteiger partial charge in [0, 0.05) is 18.0 Å². The fraction of sp³-hybridized carbons (Fsp3) is 0.0667. The molecule has 6 heteroatoms. The Morgan fingerprint density at radius 2 is 2.19 bits per heavy atom. The van der Waals surface area contributed by atoms with Crippen molar-refractivity contribution in [3.63, 3.8) is 0 Å². The number of ether oxygens (including phenoxy) is 1. The molecule has 0 saturated carbocycles. The molecule has 0 fully saturated rings. The van der Waals surface area contributed by atoms with Gasteiger partial charge >= 0.3 is 0 Å². The first-order valence-corrected chi connectivity index (χ1v) is 6.13. The van der Waals surface area contributed by atoms with Gasteiger partial charge in [0.05, 0.1) is 17.8 Å². The van der Waals surface area contributed by atoms with Crippen molar-refractivity contribution < 1.29 is 9.53 Å². The molecule has 6 nitrogen and oxygen atoms in total. The highest BCUT2D eigenvalue weighted by atomic mass is 16.5. The standard InChI is InChI=1S/C15H12N4O2/c16-8-12-3-5-14(6-4-12)21-11-15(20)19-18-10-13-2-1-7-17-9-13/h1-7,9-10H,11H2,(H,19,20)/b18-10+. The maximum absolute atomic E-state index is 11.5. The first-order valence-electron chi connectivity index (χ1n) is 6.13. The molecule has 0 aliphatic carbocycles. The van der Waals surface area contributed by atoms with Crippen LogP contribution < -0.4 is 10.2 Å². The molecule has 0 saturated heterocycles. The number of nitriles is 1. The van der Waals surface area contributed by atoms with Crippen molar-refractivity contribution >= 4 is 12.1 Å². The van der Waals surface area contributed by atoms with Crippen LogP contribution in [0.3, 0.4) is 0 Å². The van der Waals surface area contributed by atoms with Crippen molar-refractivity contribution in [1.29, 1.82) is 5.26 Å². The minimum absolute atomic E-state index is 0.156. The smallest absolute Gasteiger partial charge is 0.277 e. The predicted octanol–water partition coefficient (Wildman–Crippen LogP) is 1.48. The molecule has 104 valence electrons. The van der Waals surface area contributed by atoms with Crippen LogP contribution in [0, 0.1) is 11.3 Å². The van der Waals surface area contributed by atoms with Crippen molar-refractivity contribution in [2.75, 3.05) is 6.61 Å². The molecule has 1 amide bonds. The normalized spacial score (nSPS) is 10.0.